The van der Waals surface area contributed by atoms with E-state index in [4.69, 9.17) is 29.4 Å². The lowest BCUT2D eigenvalue weighted by atomic mass is 9.95. The van der Waals surface area contributed by atoms with Crippen molar-refractivity contribution >= 4 is 22.9 Å². The van der Waals surface area contributed by atoms with E-state index in [1.165, 1.54) is 6.33 Å². The third-order valence-corrected chi connectivity index (χ3v) is 7.84. The Morgan fingerprint density at radius 3 is 2.77 bits per heavy atom. The predicted molar refractivity (Wildman–Crippen MR) is 144 cm³/mol. The van der Waals surface area contributed by atoms with Gasteiger partial charge in [-0.2, -0.15) is 0 Å². The number of morpholine rings is 1. The van der Waals surface area contributed by atoms with Crippen LogP contribution in [0, 0.1) is 0 Å². The predicted octanol–water partition coefficient (Wildman–Crippen LogP) is 2.78. The molecule has 12 heteroatoms. The second-order valence-corrected chi connectivity index (χ2v) is 12.2. The van der Waals surface area contributed by atoms with Gasteiger partial charge in [-0.3, -0.25) is 4.90 Å². The molecule has 1 unspecified atom stereocenters. The van der Waals surface area contributed by atoms with Gasteiger partial charge in [0, 0.05) is 45.9 Å². The first-order chi connectivity index (χ1) is 18.4. The number of anilines is 1. The highest BCUT2D eigenvalue weighted by atomic mass is 16.7. The van der Waals surface area contributed by atoms with Crippen LogP contribution in [0.4, 0.5) is 10.6 Å². The molecule has 39 heavy (non-hydrogen) atoms. The number of fused-ring (bicyclic) bond motifs is 1. The molecule has 3 aliphatic rings. The maximum absolute atomic E-state index is 12.8. The minimum atomic E-state index is -0.794. The molecule has 3 saturated heterocycles. The first-order valence-electron chi connectivity index (χ1n) is 13.7. The lowest BCUT2D eigenvalue weighted by Crippen LogP contribution is -2.60. The van der Waals surface area contributed by atoms with Crippen LogP contribution < -0.4 is 5.73 Å². The van der Waals surface area contributed by atoms with Crippen LogP contribution in [-0.2, 0) is 23.7 Å². The molecule has 2 aromatic heterocycles. The van der Waals surface area contributed by atoms with Gasteiger partial charge in [0.1, 0.15) is 29.5 Å². The van der Waals surface area contributed by atoms with Crippen LogP contribution in [0.2, 0.25) is 0 Å². The molecule has 5 heterocycles. The van der Waals surface area contributed by atoms with E-state index in [0.717, 1.165) is 18.4 Å². The molecule has 216 valence electrons. The Labute approximate surface area is 229 Å². The third kappa shape index (κ3) is 5.85. The first kappa shape index (κ1) is 28.0. The summed E-state index contributed by atoms with van der Waals surface area (Å²) >= 11 is 0. The van der Waals surface area contributed by atoms with Crippen molar-refractivity contribution in [1.29, 1.82) is 0 Å². The van der Waals surface area contributed by atoms with Crippen molar-refractivity contribution in [2.45, 2.75) is 82.8 Å². The van der Waals surface area contributed by atoms with Gasteiger partial charge in [0.2, 0.25) is 0 Å². The summed E-state index contributed by atoms with van der Waals surface area (Å²) in [5.41, 5.74) is 5.98. The molecular weight excluding hydrogens is 504 g/mol. The number of ether oxygens (including phenoxy) is 5. The highest BCUT2D eigenvalue weighted by Gasteiger charge is 2.49. The summed E-state index contributed by atoms with van der Waals surface area (Å²) in [5, 5.41) is 0.773. The lowest BCUT2D eigenvalue weighted by molar-refractivity contribution is -0.237. The SMILES string of the molecule is COC(C)(C)O[C@@H]1C[C@@H](CN2CCOCC23CCN(C(=O)OC(C)(C)C)C3)O[C@H]1n1ccc2c(N)ncnc21. The van der Waals surface area contributed by atoms with Gasteiger partial charge >= 0.3 is 6.09 Å². The summed E-state index contributed by atoms with van der Waals surface area (Å²) in [6, 6.07) is 1.90. The molecule has 0 saturated carbocycles. The molecule has 0 bridgehead atoms. The van der Waals surface area contributed by atoms with E-state index < -0.39 is 17.6 Å². The van der Waals surface area contributed by atoms with Gasteiger partial charge in [-0.25, -0.2) is 14.8 Å². The molecule has 0 radical (unpaired) electrons. The third-order valence-electron chi connectivity index (χ3n) is 7.84. The molecule has 12 nitrogen and oxygen atoms in total. The van der Waals surface area contributed by atoms with Gasteiger partial charge in [0.15, 0.2) is 12.0 Å². The largest absolute Gasteiger partial charge is 0.444 e. The molecule has 2 aromatic rings. The Bertz CT molecular complexity index is 1180. The first-order valence-corrected chi connectivity index (χ1v) is 13.7. The number of hydrogen-bond donors (Lipinski definition) is 1. The summed E-state index contributed by atoms with van der Waals surface area (Å²) in [6.45, 7) is 13.3. The fraction of sp³-hybridized carbons (Fsp3) is 0.741. The molecular formula is C27H42N6O6. The summed E-state index contributed by atoms with van der Waals surface area (Å²) in [7, 11) is 1.63. The van der Waals surface area contributed by atoms with E-state index in [1.54, 1.807) is 12.0 Å². The van der Waals surface area contributed by atoms with Gasteiger partial charge < -0.3 is 38.9 Å². The average Bonchev–Trinajstić information content (AvgIpc) is 3.57. The van der Waals surface area contributed by atoms with Crippen molar-refractivity contribution in [2.24, 2.45) is 0 Å². The van der Waals surface area contributed by atoms with Crippen molar-refractivity contribution in [3.05, 3.63) is 18.6 Å². The number of likely N-dealkylation sites (tertiary alicyclic amines) is 1. The monoisotopic (exact) mass is 546 g/mol. The molecule has 0 aliphatic carbocycles. The van der Waals surface area contributed by atoms with E-state index in [-0.39, 0.29) is 23.8 Å². The molecule has 0 aromatic carbocycles. The highest BCUT2D eigenvalue weighted by Crippen LogP contribution is 2.39. The minimum absolute atomic E-state index is 0.116. The smallest absolute Gasteiger partial charge is 0.410 e. The standard InChI is InChI=1S/C27H42N6O6/c1-25(2,3)39-24(34)31-10-8-27(15-31)16-36-12-11-32(27)14-18-13-20(38-26(4,5)35-6)23(37-18)33-9-7-19-21(28)29-17-30-22(19)33/h7,9,17-18,20,23H,8,10-16H2,1-6H3,(H2,28,29,30)/t18-,20+,23+,27?/m0/s1. The summed E-state index contributed by atoms with van der Waals surface area (Å²) in [6.07, 6.45) is 3.77. The van der Waals surface area contributed by atoms with Gasteiger partial charge in [0.05, 0.1) is 30.2 Å². The topological polar surface area (TPSA) is 126 Å². The Kier molecular flexibility index (Phi) is 7.53. The normalized spacial score (nSPS) is 28.6. The number of hydrogen-bond acceptors (Lipinski definition) is 10. The van der Waals surface area contributed by atoms with Gasteiger partial charge in [-0.05, 0) is 47.1 Å². The Morgan fingerprint density at radius 1 is 1.23 bits per heavy atom. The van der Waals surface area contributed by atoms with E-state index >= 15 is 0 Å². The molecule has 1 spiro atoms. The molecule has 2 N–H and O–H groups in total. The Hall–Kier alpha value is -2.51. The Balaban J connectivity index is 1.35. The number of methoxy groups -OCH3 is 1. The van der Waals surface area contributed by atoms with Gasteiger partial charge in [-0.15, -0.1) is 0 Å². The summed E-state index contributed by atoms with van der Waals surface area (Å²) in [5.74, 6) is -0.369. The van der Waals surface area contributed by atoms with E-state index in [9.17, 15) is 4.79 Å². The van der Waals surface area contributed by atoms with Gasteiger partial charge in [0.25, 0.3) is 0 Å². The number of amides is 1. The molecule has 3 aliphatic heterocycles. The number of carbonyl (C=O) groups excluding carboxylic acids is 1. The van der Waals surface area contributed by atoms with E-state index in [0.29, 0.717) is 50.7 Å². The fourth-order valence-electron chi connectivity index (χ4n) is 5.80. The lowest BCUT2D eigenvalue weighted by Gasteiger charge is -2.45. The van der Waals surface area contributed by atoms with Crippen LogP contribution in [0.15, 0.2) is 18.6 Å². The number of rotatable bonds is 6. The Morgan fingerprint density at radius 2 is 2.03 bits per heavy atom. The number of nitrogen functional groups attached to an aromatic ring is 1. The highest BCUT2D eigenvalue weighted by molar-refractivity contribution is 5.86. The molecule has 1 amide bonds. The van der Waals surface area contributed by atoms with Crippen molar-refractivity contribution in [2.75, 3.05) is 52.2 Å². The zero-order valence-corrected chi connectivity index (χ0v) is 23.9. The van der Waals surface area contributed by atoms with Crippen LogP contribution in [0.5, 0.6) is 0 Å². The zero-order chi connectivity index (χ0) is 28.0. The van der Waals surface area contributed by atoms with Crippen molar-refractivity contribution in [3.63, 3.8) is 0 Å². The van der Waals surface area contributed by atoms with Crippen LogP contribution in [0.1, 0.15) is 53.7 Å². The van der Waals surface area contributed by atoms with E-state index in [2.05, 4.69) is 14.9 Å². The van der Waals surface area contributed by atoms with Crippen LogP contribution in [0.3, 0.4) is 0 Å². The van der Waals surface area contributed by atoms with Crippen LogP contribution >= 0.6 is 0 Å². The van der Waals surface area contributed by atoms with Crippen molar-refractivity contribution < 1.29 is 28.5 Å². The number of nitrogens with two attached hydrogens (primary N) is 1. The zero-order valence-electron chi connectivity index (χ0n) is 23.9. The fourth-order valence-corrected chi connectivity index (χ4v) is 5.80. The second-order valence-electron chi connectivity index (χ2n) is 12.2. The van der Waals surface area contributed by atoms with E-state index in [1.807, 2.05) is 51.4 Å². The maximum Gasteiger partial charge on any atom is 0.410 e. The molecule has 3 fully saturated rings. The number of carbonyl (C=O) groups is 1. The van der Waals surface area contributed by atoms with Gasteiger partial charge in [-0.1, -0.05) is 0 Å². The maximum atomic E-state index is 12.8. The summed E-state index contributed by atoms with van der Waals surface area (Å²) in [4.78, 5) is 25.6. The minimum Gasteiger partial charge on any atom is -0.444 e. The van der Waals surface area contributed by atoms with Crippen LogP contribution in [-0.4, -0.2) is 106 Å². The quantitative estimate of drug-likeness (QED) is 0.541. The van der Waals surface area contributed by atoms with Crippen molar-refractivity contribution in [1.82, 2.24) is 24.3 Å². The van der Waals surface area contributed by atoms with Crippen LogP contribution in [0.25, 0.3) is 11.0 Å². The average molecular weight is 547 g/mol. The molecule has 4 atom stereocenters. The van der Waals surface area contributed by atoms with Crippen molar-refractivity contribution in [3.8, 4) is 0 Å². The number of nitrogens with zero attached hydrogens (tertiary/aromatic N) is 5. The molecule has 5 rings (SSSR count). The summed E-state index contributed by atoms with van der Waals surface area (Å²) < 4.78 is 32.3. The second kappa shape index (κ2) is 10.5. The number of aromatic nitrogens is 3.